The van der Waals surface area contributed by atoms with E-state index in [1.54, 1.807) is 0 Å². The van der Waals surface area contributed by atoms with Gasteiger partial charge in [-0.2, -0.15) is 4.21 Å². The van der Waals surface area contributed by atoms with E-state index in [1.807, 2.05) is 13.8 Å². The molecule has 0 unspecified atom stereocenters. The zero-order chi connectivity index (χ0) is 6.15. The van der Waals surface area contributed by atoms with Gasteiger partial charge in [-0.25, -0.2) is 0 Å². The van der Waals surface area contributed by atoms with Crippen molar-refractivity contribution in [3.05, 3.63) is 0 Å². The van der Waals surface area contributed by atoms with Crippen LogP contribution in [0.3, 0.4) is 0 Å². The third-order valence-corrected chi connectivity index (χ3v) is 2.04. The fraction of sp³-hybridized carbons (Fsp3) is 1.00. The highest BCUT2D eigenvalue weighted by atomic mass is 32.2. The molecule has 4 heteroatoms. The molecule has 1 aliphatic rings. The van der Waals surface area contributed by atoms with Crippen LogP contribution in [-0.4, -0.2) is 16.4 Å². The Labute approximate surface area is 50.8 Å². The summed E-state index contributed by atoms with van der Waals surface area (Å²) in [6.07, 6.45) is -0.0633. The van der Waals surface area contributed by atoms with Crippen LogP contribution in [0.1, 0.15) is 13.8 Å². The Hall–Kier alpha value is 0.0700. The van der Waals surface area contributed by atoms with E-state index < -0.39 is 11.4 Å². The normalized spacial score (nSPS) is 40.8. The molecule has 1 aliphatic heterocycles. The molecule has 0 spiro atoms. The molecule has 3 nitrogen and oxygen atoms in total. The second-order valence-corrected chi connectivity index (χ2v) is 2.60. The van der Waals surface area contributed by atoms with Crippen molar-refractivity contribution in [3.63, 3.8) is 0 Å². The molecule has 0 radical (unpaired) electrons. The van der Waals surface area contributed by atoms with Crippen LogP contribution in [0.4, 0.5) is 0 Å². The average molecular weight is 136 g/mol. The van der Waals surface area contributed by atoms with Gasteiger partial charge in [0.2, 0.25) is 0 Å². The molecule has 0 bridgehead atoms. The third-order valence-electron chi connectivity index (χ3n) is 1.12. The van der Waals surface area contributed by atoms with Gasteiger partial charge in [-0.3, -0.25) is 8.37 Å². The zero-order valence-corrected chi connectivity index (χ0v) is 5.60. The van der Waals surface area contributed by atoms with Crippen LogP contribution in [0.25, 0.3) is 0 Å². The number of rotatable bonds is 0. The van der Waals surface area contributed by atoms with Crippen molar-refractivity contribution in [2.24, 2.45) is 0 Å². The van der Waals surface area contributed by atoms with Crippen molar-refractivity contribution in [2.45, 2.75) is 26.1 Å². The molecule has 0 aromatic rings. The summed E-state index contributed by atoms with van der Waals surface area (Å²) in [7, 11) is 0. The first-order valence-electron chi connectivity index (χ1n) is 2.46. The van der Waals surface area contributed by atoms with Gasteiger partial charge >= 0.3 is 11.4 Å². The molecule has 8 heavy (non-hydrogen) atoms. The largest absolute Gasteiger partial charge is 0.305 e. The Morgan fingerprint density at radius 1 is 1.25 bits per heavy atom. The maximum absolute atomic E-state index is 10.3. The smallest absolute Gasteiger partial charge is 0.263 e. The van der Waals surface area contributed by atoms with E-state index in [0.29, 0.717) is 0 Å². The van der Waals surface area contributed by atoms with E-state index >= 15 is 0 Å². The van der Waals surface area contributed by atoms with Gasteiger partial charge in [-0.1, -0.05) is 0 Å². The summed E-state index contributed by atoms with van der Waals surface area (Å²) in [5.41, 5.74) is 0. The molecule has 1 saturated heterocycles. The van der Waals surface area contributed by atoms with E-state index in [-0.39, 0.29) is 12.2 Å². The van der Waals surface area contributed by atoms with Gasteiger partial charge in [0, 0.05) is 0 Å². The molecule has 2 atom stereocenters. The van der Waals surface area contributed by atoms with Crippen LogP contribution in [0.2, 0.25) is 0 Å². The van der Waals surface area contributed by atoms with Crippen LogP contribution < -0.4 is 0 Å². The van der Waals surface area contributed by atoms with Crippen LogP contribution >= 0.6 is 0 Å². The van der Waals surface area contributed by atoms with Crippen molar-refractivity contribution in [2.75, 3.05) is 0 Å². The van der Waals surface area contributed by atoms with Crippen LogP contribution in [0, 0.1) is 0 Å². The van der Waals surface area contributed by atoms with Gasteiger partial charge < -0.3 is 0 Å². The molecule has 0 aromatic heterocycles. The fourth-order valence-electron chi connectivity index (χ4n) is 0.427. The Bertz CT molecular complexity index is 102. The Morgan fingerprint density at radius 2 is 1.62 bits per heavy atom. The van der Waals surface area contributed by atoms with E-state index in [9.17, 15) is 4.21 Å². The molecular formula is C4H8O3S. The minimum absolute atomic E-state index is 0.0316. The first kappa shape index (κ1) is 6.19. The molecular weight excluding hydrogens is 128 g/mol. The van der Waals surface area contributed by atoms with Gasteiger partial charge in [0.1, 0.15) is 12.2 Å². The maximum atomic E-state index is 10.3. The molecule has 0 saturated carbocycles. The van der Waals surface area contributed by atoms with Crippen molar-refractivity contribution in [1.82, 2.24) is 0 Å². The topological polar surface area (TPSA) is 35.5 Å². The van der Waals surface area contributed by atoms with Gasteiger partial charge in [0.05, 0.1) is 0 Å². The third kappa shape index (κ3) is 1.07. The molecule has 0 aliphatic carbocycles. The first-order valence-corrected chi connectivity index (χ1v) is 3.46. The lowest BCUT2D eigenvalue weighted by Gasteiger charge is -1.99. The van der Waals surface area contributed by atoms with Gasteiger partial charge in [-0.05, 0) is 13.8 Å². The quantitative estimate of drug-likeness (QED) is 0.483. The summed E-state index contributed by atoms with van der Waals surface area (Å²) in [5.74, 6) is 0. The van der Waals surface area contributed by atoms with Gasteiger partial charge in [-0.15, -0.1) is 0 Å². The van der Waals surface area contributed by atoms with Crippen molar-refractivity contribution in [3.8, 4) is 0 Å². The number of hydrogen-bond donors (Lipinski definition) is 0. The SMILES string of the molecule is C[C@H]1OS(=O)O[C@@H]1C. The van der Waals surface area contributed by atoms with Crippen molar-refractivity contribution >= 4 is 11.4 Å². The van der Waals surface area contributed by atoms with Crippen LogP contribution in [0.5, 0.6) is 0 Å². The summed E-state index contributed by atoms with van der Waals surface area (Å²) in [6, 6.07) is 0. The predicted molar refractivity (Wildman–Crippen MR) is 29.2 cm³/mol. The van der Waals surface area contributed by atoms with E-state index in [0.717, 1.165) is 0 Å². The molecule has 1 fully saturated rings. The van der Waals surface area contributed by atoms with Gasteiger partial charge in [0.25, 0.3) is 0 Å². The highest BCUT2D eigenvalue weighted by Crippen LogP contribution is 2.15. The Balaban J connectivity index is 2.51. The van der Waals surface area contributed by atoms with Gasteiger partial charge in [0.15, 0.2) is 0 Å². The molecule has 0 amide bonds. The lowest BCUT2D eigenvalue weighted by molar-refractivity contribution is 0.187. The van der Waals surface area contributed by atoms with Crippen LogP contribution in [-0.2, 0) is 19.7 Å². The Kier molecular flexibility index (Phi) is 1.65. The minimum atomic E-state index is -1.48. The van der Waals surface area contributed by atoms with Crippen molar-refractivity contribution < 1.29 is 12.6 Å². The lowest BCUT2D eigenvalue weighted by Crippen LogP contribution is -2.13. The summed E-state index contributed by atoms with van der Waals surface area (Å²) in [4.78, 5) is 0. The fourth-order valence-corrected chi connectivity index (χ4v) is 1.28. The molecule has 0 N–H and O–H groups in total. The monoisotopic (exact) mass is 136 g/mol. The average Bonchev–Trinajstić information content (AvgIpc) is 1.85. The highest BCUT2D eigenvalue weighted by molar-refractivity contribution is 7.75. The maximum Gasteiger partial charge on any atom is 0.305 e. The van der Waals surface area contributed by atoms with E-state index in [2.05, 4.69) is 0 Å². The molecule has 1 heterocycles. The molecule has 0 aromatic carbocycles. The summed E-state index contributed by atoms with van der Waals surface area (Å²) >= 11 is -1.48. The first-order chi connectivity index (χ1) is 3.70. The molecule has 48 valence electrons. The summed E-state index contributed by atoms with van der Waals surface area (Å²) < 4.78 is 19.8. The van der Waals surface area contributed by atoms with Crippen LogP contribution in [0.15, 0.2) is 0 Å². The predicted octanol–water partition coefficient (Wildman–Crippen LogP) is 0.389. The second-order valence-electron chi connectivity index (χ2n) is 1.81. The zero-order valence-electron chi connectivity index (χ0n) is 4.79. The lowest BCUT2D eigenvalue weighted by atomic mass is 10.3. The van der Waals surface area contributed by atoms with Crippen molar-refractivity contribution in [1.29, 1.82) is 0 Å². The summed E-state index contributed by atoms with van der Waals surface area (Å²) in [5, 5.41) is 0. The molecule has 1 rings (SSSR count). The second kappa shape index (κ2) is 2.13. The highest BCUT2D eigenvalue weighted by Gasteiger charge is 2.26. The van der Waals surface area contributed by atoms with E-state index in [4.69, 9.17) is 8.37 Å². The number of hydrogen-bond acceptors (Lipinski definition) is 3. The Morgan fingerprint density at radius 3 is 1.75 bits per heavy atom. The minimum Gasteiger partial charge on any atom is -0.263 e. The van der Waals surface area contributed by atoms with E-state index in [1.165, 1.54) is 0 Å². The standard InChI is InChI=1S/C4H8O3S/c1-3-4(2)7-8(5)6-3/h3-4H,1-2H3/t3-,4-/m1/s1. The summed E-state index contributed by atoms with van der Waals surface area (Å²) in [6.45, 7) is 3.66.